The summed E-state index contributed by atoms with van der Waals surface area (Å²) in [6, 6.07) is 15.0. The summed E-state index contributed by atoms with van der Waals surface area (Å²) >= 11 is 0. The summed E-state index contributed by atoms with van der Waals surface area (Å²) in [4.78, 5) is 30.2. The first kappa shape index (κ1) is 24.4. The van der Waals surface area contributed by atoms with Crippen LogP contribution in [0.5, 0.6) is 11.5 Å². The van der Waals surface area contributed by atoms with Crippen molar-refractivity contribution in [2.45, 2.75) is 17.7 Å². The fourth-order valence-corrected chi connectivity index (χ4v) is 4.87. The Morgan fingerprint density at radius 2 is 1.60 bits per heavy atom. The molecule has 3 aromatic rings. The van der Waals surface area contributed by atoms with E-state index in [1.807, 2.05) is 12.1 Å². The van der Waals surface area contributed by atoms with E-state index in [0.717, 1.165) is 16.0 Å². The molecule has 4 rings (SSSR count). The van der Waals surface area contributed by atoms with Crippen molar-refractivity contribution in [2.75, 3.05) is 27.3 Å². The molecule has 0 radical (unpaired) electrons. The van der Waals surface area contributed by atoms with Gasteiger partial charge in [0.1, 0.15) is 5.69 Å². The molecule has 0 aliphatic carbocycles. The molecular weight excluding hydrogens is 470 g/mol. The largest absolute Gasteiger partial charge is 0.493 e. The number of fused-ring (bicyclic) bond motifs is 1. The average Bonchev–Trinajstić information content (AvgIpc) is 3.12. The average molecular weight is 496 g/mol. The standard InChI is InChI=1S/C25H25N3O6S/c1-33-21-10-7-18(16-22(21)34-2)11-14-27-35(31,32)19-8-5-17(6-9-19)12-15-28-24(29)20-4-3-13-26-23(20)25(28)30/h3-10,13,16,27H,11-12,14-15H2,1-2H3. The normalized spacial score (nSPS) is 13.1. The van der Waals surface area contributed by atoms with Gasteiger partial charge in [0, 0.05) is 19.3 Å². The van der Waals surface area contributed by atoms with Crippen molar-refractivity contribution >= 4 is 21.8 Å². The lowest BCUT2D eigenvalue weighted by atomic mass is 10.1. The summed E-state index contributed by atoms with van der Waals surface area (Å²) in [6.07, 6.45) is 2.36. The third-order valence-electron chi connectivity index (χ3n) is 5.74. The summed E-state index contributed by atoms with van der Waals surface area (Å²) in [5, 5.41) is 0. The zero-order valence-electron chi connectivity index (χ0n) is 19.4. The van der Waals surface area contributed by atoms with Gasteiger partial charge in [0.15, 0.2) is 11.5 Å². The first-order valence-corrected chi connectivity index (χ1v) is 12.4. The molecule has 2 amide bonds. The van der Waals surface area contributed by atoms with Gasteiger partial charge in [-0.25, -0.2) is 13.1 Å². The van der Waals surface area contributed by atoms with Crippen LogP contribution in [0.3, 0.4) is 0 Å². The number of nitrogens with one attached hydrogen (secondary N) is 1. The van der Waals surface area contributed by atoms with Crippen molar-refractivity contribution in [3.8, 4) is 11.5 Å². The van der Waals surface area contributed by atoms with E-state index in [1.54, 1.807) is 44.6 Å². The molecule has 1 aliphatic rings. The second-order valence-corrected chi connectivity index (χ2v) is 9.66. The first-order chi connectivity index (χ1) is 16.8. The number of sulfonamides is 1. The lowest BCUT2D eigenvalue weighted by molar-refractivity contribution is 0.0654. The van der Waals surface area contributed by atoms with Crippen molar-refractivity contribution < 1.29 is 27.5 Å². The van der Waals surface area contributed by atoms with E-state index >= 15 is 0 Å². The molecular formula is C25H25N3O6S. The second-order valence-electron chi connectivity index (χ2n) is 7.89. The van der Waals surface area contributed by atoms with Crippen LogP contribution in [0.15, 0.2) is 65.7 Å². The van der Waals surface area contributed by atoms with Crippen LogP contribution in [0, 0.1) is 0 Å². The summed E-state index contributed by atoms with van der Waals surface area (Å²) in [5.41, 5.74) is 2.18. The highest BCUT2D eigenvalue weighted by molar-refractivity contribution is 7.89. The minimum Gasteiger partial charge on any atom is -0.493 e. The molecule has 0 bridgehead atoms. The van der Waals surface area contributed by atoms with E-state index in [1.165, 1.54) is 18.3 Å². The van der Waals surface area contributed by atoms with Gasteiger partial charge in [-0.15, -0.1) is 0 Å². The number of carbonyl (C=O) groups excluding carboxylic acids is 2. The van der Waals surface area contributed by atoms with Crippen LogP contribution in [-0.2, 0) is 22.9 Å². The Kier molecular flexibility index (Phi) is 7.13. The predicted octanol–water partition coefficient (Wildman–Crippen LogP) is 2.46. The number of methoxy groups -OCH3 is 2. The van der Waals surface area contributed by atoms with Crippen LogP contribution >= 0.6 is 0 Å². The lowest BCUT2D eigenvalue weighted by Gasteiger charge is -2.13. The van der Waals surface area contributed by atoms with Gasteiger partial charge in [0.25, 0.3) is 11.8 Å². The van der Waals surface area contributed by atoms with Gasteiger partial charge in [-0.1, -0.05) is 18.2 Å². The number of benzene rings is 2. The molecule has 0 unspecified atom stereocenters. The molecule has 2 heterocycles. The van der Waals surface area contributed by atoms with E-state index in [2.05, 4.69) is 9.71 Å². The summed E-state index contributed by atoms with van der Waals surface area (Å²) < 4.78 is 38.4. The van der Waals surface area contributed by atoms with Crippen molar-refractivity contribution in [3.63, 3.8) is 0 Å². The van der Waals surface area contributed by atoms with Gasteiger partial charge in [-0.3, -0.25) is 19.5 Å². The molecule has 0 spiro atoms. The molecule has 10 heteroatoms. The zero-order valence-corrected chi connectivity index (χ0v) is 20.2. The van der Waals surface area contributed by atoms with Gasteiger partial charge >= 0.3 is 0 Å². The molecule has 9 nitrogen and oxygen atoms in total. The Morgan fingerprint density at radius 3 is 2.29 bits per heavy atom. The number of amides is 2. The monoisotopic (exact) mass is 495 g/mol. The Morgan fingerprint density at radius 1 is 0.886 bits per heavy atom. The molecule has 1 N–H and O–H groups in total. The van der Waals surface area contributed by atoms with Gasteiger partial charge in [-0.05, 0) is 60.4 Å². The number of nitrogens with zero attached hydrogens (tertiary/aromatic N) is 2. The van der Waals surface area contributed by atoms with Crippen molar-refractivity contribution in [1.29, 1.82) is 0 Å². The summed E-state index contributed by atoms with van der Waals surface area (Å²) in [6.45, 7) is 0.400. The summed E-state index contributed by atoms with van der Waals surface area (Å²) in [7, 11) is -0.592. The number of aromatic nitrogens is 1. The number of pyridine rings is 1. The van der Waals surface area contributed by atoms with E-state index in [9.17, 15) is 18.0 Å². The van der Waals surface area contributed by atoms with E-state index in [-0.39, 0.29) is 29.6 Å². The maximum atomic E-state index is 12.7. The Labute approximate surface area is 203 Å². The topological polar surface area (TPSA) is 115 Å². The molecule has 0 atom stereocenters. The Bertz CT molecular complexity index is 1320. The van der Waals surface area contributed by atoms with Gasteiger partial charge in [0.05, 0.1) is 24.7 Å². The maximum absolute atomic E-state index is 12.7. The maximum Gasteiger partial charge on any atom is 0.280 e. The third kappa shape index (κ3) is 5.18. The van der Waals surface area contributed by atoms with E-state index in [4.69, 9.17) is 9.47 Å². The fraction of sp³-hybridized carbons (Fsp3) is 0.240. The van der Waals surface area contributed by atoms with Gasteiger partial charge in [0.2, 0.25) is 10.0 Å². The highest BCUT2D eigenvalue weighted by atomic mass is 32.2. The van der Waals surface area contributed by atoms with Gasteiger partial charge in [-0.2, -0.15) is 0 Å². The van der Waals surface area contributed by atoms with Crippen LogP contribution < -0.4 is 14.2 Å². The minimum absolute atomic E-state index is 0.137. The molecule has 182 valence electrons. The third-order valence-corrected chi connectivity index (χ3v) is 7.22. The summed E-state index contributed by atoms with van der Waals surface area (Å²) in [5.74, 6) is 0.414. The molecule has 1 aliphatic heterocycles. The number of ether oxygens (including phenoxy) is 2. The van der Waals surface area contributed by atoms with Crippen LogP contribution in [0.1, 0.15) is 32.0 Å². The SMILES string of the molecule is COc1ccc(CCNS(=O)(=O)c2ccc(CCN3C(=O)c4cccnc4C3=O)cc2)cc1OC. The fourth-order valence-electron chi connectivity index (χ4n) is 3.84. The molecule has 2 aromatic carbocycles. The Balaban J connectivity index is 1.32. The Hall–Kier alpha value is -3.76. The van der Waals surface area contributed by atoms with Crippen molar-refractivity contribution in [2.24, 2.45) is 0 Å². The van der Waals surface area contributed by atoms with Crippen LogP contribution in [0.4, 0.5) is 0 Å². The molecule has 35 heavy (non-hydrogen) atoms. The highest BCUT2D eigenvalue weighted by Crippen LogP contribution is 2.27. The number of hydrogen-bond donors (Lipinski definition) is 1. The van der Waals surface area contributed by atoms with E-state index < -0.39 is 15.9 Å². The molecule has 0 fully saturated rings. The predicted molar refractivity (Wildman–Crippen MR) is 128 cm³/mol. The van der Waals surface area contributed by atoms with E-state index in [0.29, 0.717) is 29.9 Å². The zero-order chi connectivity index (χ0) is 25.0. The number of carbonyl (C=O) groups is 2. The molecule has 0 saturated carbocycles. The molecule has 0 saturated heterocycles. The quantitative estimate of drug-likeness (QED) is 0.430. The first-order valence-electron chi connectivity index (χ1n) is 10.9. The lowest BCUT2D eigenvalue weighted by Crippen LogP contribution is -2.31. The van der Waals surface area contributed by atoms with Gasteiger partial charge < -0.3 is 9.47 Å². The highest BCUT2D eigenvalue weighted by Gasteiger charge is 2.36. The second kappa shape index (κ2) is 10.2. The number of rotatable bonds is 10. The molecule has 1 aromatic heterocycles. The van der Waals surface area contributed by atoms with Crippen LogP contribution in [0.25, 0.3) is 0 Å². The van der Waals surface area contributed by atoms with Crippen LogP contribution in [0.2, 0.25) is 0 Å². The van der Waals surface area contributed by atoms with Crippen molar-refractivity contribution in [1.82, 2.24) is 14.6 Å². The minimum atomic E-state index is -3.69. The smallest absolute Gasteiger partial charge is 0.280 e. The van der Waals surface area contributed by atoms with Crippen LogP contribution in [-0.4, -0.2) is 57.4 Å². The van der Waals surface area contributed by atoms with Crippen molar-refractivity contribution in [3.05, 3.63) is 83.2 Å². The number of imide groups is 1. The number of hydrogen-bond acceptors (Lipinski definition) is 7.